The van der Waals surface area contributed by atoms with Crippen LogP contribution in [0.15, 0.2) is 30.6 Å². The molecular weight excluding hydrogens is 270 g/mol. The number of carbonyl (C=O) groups is 2. The lowest BCUT2D eigenvalue weighted by atomic mass is 10.1. The molecule has 2 atom stereocenters. The van der Waals surface area contributed by atoms with Crippen LogP contribution >= 0.6 is 0 Å². The van der Waals surface area contributed by atoms with Crippen LogP contribution < -0.4 is 5.32 Å². The Balaban J connectivity index is 1.61. The minimum Gasteiger partial charge on any atom is -0.481 e. The summed E-state index contributed by atoms with van der Waals surface area (Å²) in [5.41, 5.74) is 1.78. The molecule has 1 fully saturated rings. The van der Waals surface area contributed by atoms with Crippen LogP contribution in [-0.4, -0.2) is 32.6 Å². The summed E-state index contributed by atoms with van der Waals surface area (Å²) in [6, 6.07) is 7.61. The van der Waals surface area contributed by atoms with E-state index < -0.39 is 5.97 Å². The second-order valence-electron chi connectivity index (χ2n) is 5.47. The van der Waals surface area contributed by atoms with Crippen molar-refractivity contribution in [3.63, 3.8) is 0 Å². The van der Waals surface area contributed by atoms with E-state index in [-0.39, 0.29) is 24.4 Å². The van der Waals surface area contributed by atoms with Gasteiger partial charge in [0.05, 0.1) is 23.3 Å². The van der Waals surface area contributed by atoms with E-state index in [2.05, 4.69) is 10.3 Å². The van der Waals surface area contributed by atoms with Crippen molar-refractivity contribution in [1.82, 2.24) is 14.9 Å². The average molecular weight is 287 g/mol. The lowest BCUT2D eigenvalue weighted by Gasteiger charge is -2.13. The smallest absolute Gasteiger partial charge is 0.306 e. The molecule has 0 saturated heterocycles. The number of para-hydroxylation sites is 2. The summed E-state index contributed by atoms with van der Waals surface area (Å²) in [5, 5.41) is 11.9. The largest absolute Gasteiger partial charge is 0.481 e. The van der Waals surface area contributed by atoms with E-state index in [0.717, 1.165) is 17.5 Å². The van der Waals surface area contributed by atoms with Crippen LogP contribution in [0.5, 0.6) is 0 Å². The first-order valence-electron chi connectivity index (χ1n) is 7.05. The van der Waals surface area contributed by atoms with Gasteiger partial charge in [0.1, 0.15) is 6.54 Å². The second kappa shape index (κ2) is 5.55. The fraction of sp³-hybridized carbons (Fsp3) is 0.400. The summed E-state index contributed by atoms with van der Waals surface area (Å²) in [4.78, 5) is 27.2. The summed E-state index contributed by atoms with van der Waals surface area (Å²) in [6.07, 6.45) is 3.53. The van der Waals surface area contributed by atoms with Crippen molar-refractivity contribution >= 4 is 22.9 Å². The van der Waals surface area contributed by atoms with E-state index in [1.807, 2.05) is 24.3 Å². The van der Waals surface area contributed by atoms with Crippen molar-refractivity contribution in [1.29, 1.82) is 0 Å². The van der Waals surface area contributed by atoms with Crippen molar-refractivity contribution in [3.05, 3.63) is 30.6 Å². The predicted molar refractivity (Wildman–Crippen MR) is 76.6 cm³/mol. The predicted octanol–water partition coefficient (Wildman–Crippen LogP) is 1.41. The number of nitrogens with one attached hydrogen (secondary N) is 1. The molecule has 1 amide bonds. The zero-order valence-corrected chi connectivity index (χ0v) is 11.5. The zero-order chi connectivity index (χ0) is 14.8. The highest BCUT2D eigenvalue weighted by molar-refractivity contribution is 5.80. The molecule has 21 heavy (non-hydrogen) atoms. The number of aromatic nitrogens is 2. The Bertz CT molecular complexity index is 680. The number of aliphatic carboxylic acids is 1. The lowest BCUT2D eigenvalue weighted by Crippen LogP contribution is -2.35. The fourth-order valence-corrected chi connectivity index (χ4v) is 2.90. The topological polar surface area (TPSA) is 84.2 Å². The van der Waals surface area contributed by atoms with Gasteiger partial charge in [-0.05, 0) is 31.4 Å². The molecule has 1 aromatic carbocycles. The number of fused-ring (bicyclic) bond motifs is 1. The van der Waals surface area contributed by atoms with Gasteiger partial charge in [-0.1, -0.05) is 12.1 Å². The van der Waals surface area contributed by atoms with Gasteiger partial charge in [-0.2, -0.15) is 0 Å². The number of nitrogens with zero attached hydrogens (tertiary/aromatic N) is 2. The summed E-state index contributed by atoms with van der Waals surface area (Å²) in [6.45, 7) is 0.203. The lowest BCUT2D eigenvalue weighted by molar-refractivity contribution is -0.141. The Morgan fingerprint density at radius 3 is 2.90 bits per heavy atom. The van der Waals surface area contributed by atoms with Gasteiger partial charge in [0.2, 0.25) is 5.91 Å². The molecule has 2 N–H and O–H groups in total. The van der Waals surface area contributed by atoms with E-state index in [9.17, 15) is 9.59 Å². The highest BCUT2D eigenvalue weighted by atomic mass is 16.4. The molecule has 1 aliphatic carbocycles. The number of rotatable bonds is 4. The SMILES string of the molecule is O=C(Cn1cnc2ccccc21)NC1CCC(C(=O)O)C1. The maximum Gasteiger partial charge on any atom is 0.306 e. The maximum atomic E-state index is 12.1. The first-order valence-corrected chi connectivity index (χ1v) is 7.05. The molecule has 0 aliphatic heterocycles. The zero-order valence-electron chi connectivity index (χ0n) is 11.5. The summed E-state index contributed by atoms with van der Waals surface area (Å²) < 4.78 is 1.80. The van der Waals surface area contributed by atoms with Gasteiger partial charge < -0.3 is 15.0 Å². The molecule has 1 heterocycles. The molecular formula is C15H17N3O3. The van der Waals surface area contributed by atoms with Gasteiger partial charge >= 0.3 is 5.97 Å². The third-order valence-corrected chi connectivity index (χ3v) is 3.99. The number of hydrogen-bond acceptors (Lipinski definition) is 3. The maximum absolute atomic E-state index is 12.1. The Hall–Kier alpha value is -2.37. The van der Waals surface area contributed by atoms with Crippen molar-refractivity contribution < 1.29 is 14.7 Å². The van der Waals surface area contributed by atoms with Gasteiger partial charge in [0.25, 0.3) is 0 Å². The molecule has 1 aliphatic rings. The van der Waals surface area contributed by atoms with Crippen LogP contribution in [-0.2, 0) is 16.1 Å². The Morgan fingerprint density at radius 1 is 1.33 bits per heavy atom. The molecule has 1 saturated carbocycles. The van der Waals surface area contributed by atoms with Crippen LogP contribution in [0.1, 0.15) is 19.3 Å². The highest BCUT2D eigenvalue weighted by Gasteiger charge is 2.30. The van der Waals surface area contributed by atoms with Crippen molar-refractivity contribution in [2.24, 2.45) is 5.92 Å². The quantitative estimate of drug-likeness (QED) is 0.890. The number of hydrogen-bond donors (Lipinski definition) is 2. The van der Waals surface area contributed by atoms with Crippen molar-refractivity contribution in [2.45, 2.75) is 31.8 Å². The summed E-state index contributed by atoms with van der Waals surface area (Å²) in [5.74, 6) is -1.20. The first-order chi connectivity index (χ1) is 10.1. The molecule has 6 nitrogen and oxygen atoms in total. The van der Waals surface area contributed by atoms with E-state index in [0.29, 0.717) is 12.8 Å². The number of benzene rings is 1. The minimum atomic E-state index is -0.771. The Morgan fingerprint density at radius 2 is 2.14 bits per heavy atom. The van der Waals surface area contributed by atoms with Gasteiger partial charge in [0, 0.05) is 6.04 Å². The van der Waals surface area contributed by atoms with Crippen LogP contribution in [0, 0.1) is 5.92 Å². The molecule has 0 spiro atoms. The second-order valence-corrected chi connectivity index (χ2v) is 5.47. The molecule has 2 unspecified atom stereocenters. The van der Waals surface area contributed by atoms with Crippen molar-refractivity contribution in [3.8, 4) is 0 Å². The van der Waals surface area contributed by atoms with E-state index in [1.165, 1.54) is 0 Å². The van der Waals surface area contributed by atoms with Gasteiger partial charge in [-0.15, -0.1) is 0 Å². The first kappa shape index (κ1) is 13.6. The third-order valence-electron chi connectivity index (χ3n) is 3.99. The van der Waals surface area contributed by atoms with E-state index in [1.54, 1.807) is 10.9 Å². The number of carboxylic acids is 1. The van der Waals surface area contributed by atoms with Crippen molar-refractivity contribution in [2.75, 3.05) is 0 Å². The van der Waals surface area contributed by atoms with Crippen LogP contribution in [0.2, 0.25) is 0 Å². The van der Waals surface area contributed by atoms with Gasteiger partial charge in [0.15, 0.2) is 0 Å². The Labute approximate surface area is 121 Å². The van der Waals surface area contributed by atoms with Crippen LogP contribution in [0.4, 0.5) is 0 Å². The minimum absolute atomic E-state index is 0.0339. The van der Waals surface area contributed by atoms with Gasteiger partial charge in [-0.3, -0.25) is 9.59 Å². The van der Waals surface area contributed by atoms with Crippen LogP contribution in [0.3, 0.4) is 0 Å². The standard InChI is InChI=1S/C15H17N3O3/c19-14(17-11-6-5-10(7-11)15(20)21)8-18-9-16-12-3-1-2-4-13(12)18/h1-4,9-11H,5-8H2,(H,17,19)(H,20,21). The number of imidazole rings is 1. The van der Waals surface area contributed by atoms with E-state index in [4.69, 9.17) is 5.11 Å². The molecule has 6 heteroatoms. The van der Waals surface area contributed by atoms with E-state index >= 15 is 0 Å². The Kier molecular flexibility index (Phi) is 3.60. The molecule has 110 valence electrons. The molecule has 1 aromatic heterocycles. The highest BCUT2D eigenvalue weighted by Crippen LogP contribution is 2.25. The fourth-order valence-electron chi connectivity index (χ4n) is 2.90. The van der Waals surface area contributed by atoms with Gasteiger partial charge in [-0.25, -0.2) is 4.98 Å². The summed E-state index contributed by atoms with van der Waals surface area (Å²) >= 11 is 0. The molecule has 0 bridgehead atoms. The summed E-state index contributed by atoms with van der Waals surface area (Å²) in [7, 11) is 0. The normalized spacial score (nSPS) is 21.5. The molecule has 2 aromatic rings. The monoisotopic (exact) mass is 287 g/mol. The number of carbonyl (C=O) groups excluding carboxylic acids is 1. The molecule has 0 radical (unpaired) electrons. The third kappa shape index (κ3) is 2.89. The molecule has 3 rings (SSSR count). The van der Waals surface area contributed by atoms with Crippen LogP contribution in [0.25, 0.3) is 11.0 Å². The number of amides is 1. The average Bonchev–Trinajstić information content (AvgIpc) is 3.07. The number of carboxylic acid groups (broad SMARTS) is 1.